The largest absolute Gasteiger partial charge is 0.390 e. The first-order valence-electron chi connectivity index (χ1n) is 9.22. The Hall–Kier alpha value is -2.70. The summed E-state index contributed by atoms with van der Waals surface area (Å²) in [4.78, 5) is 15.3. The third-order valence-electron chi connectivity index (χ3n) is 4.71. The molecule has 28 heavy (non-hydrogen) atoms. The van der Waals surface area contributed by atoms with Crippen LogP contribution in [0.15, 0.2) is 48.5 Å². The topological polar surface area (TPSA) is 81.2 Å². The van der Waals surface area contributed by atoms with Crippen LogP contribution >= 0.6 is 11.6 Å². The Balaban J connectivity index is 1.89. The van der Waals surface area contributed by atoms with Crippen molar-refractivity contribution in [3.05, 3.63) is 80.9 Å². The first-order chi connectivity index (χ1) is 13.5. The minimum atomic E-state index is -0.371. The molecule has 0 radical (unpaired) electrons. The van der Waals surface area contributed by atoms with Crippen LogP contribution in [0.2, 0.25) is 5.15 Å². The lowest BCUT2D eigenvalue weighted by atomic mass is 10.0. The summed E-state index contributed by atoms with van der Waals surface area (Å²) in [6.45, 7) is 2.47. The molecule has 0 atom stereocenters. The van der Waals surface area contributed by atoms with Gasteiger partial charge in [0.2, 0.25) is 0 Å². The molecule has 0 saturated heterocycles. The number of hydrogen-bond acceptors (Lipinski definition) is 4. The van der Waals surface area contributed by atoms with E-state index in [1.54, 1.807) is 18.2 Å². The summed E-state index contributed by atoms with van der Waals surface area (Å²) in [7, 11) is 0. The van der Waals surface area contributed by atoms with Crippen LogP contribution in [0.5, 0.6) is 0 Å². The van der Waals surface area contributed by atoms with E-state index in [-0.39, 0.29) is 17.2 Å². The van der Waals surface area contributed by atoms with Gasteiger partial charge >= 0.3 is 0 Å². The Kier molecular flexibility index (Phi) is 6.44. The van der Waals surface area contributed by atoms with Gasteiger partial charge in [-0.2, -0.15) is 0 Å². The van der Waals surface area contributed by atoms with Gasteiger partial charge < -0.3 is 9.67 Å². The molecule has 0 saturated carbocycles. The van der Waals surface area contributed by atoms with Gasteiger partial charge in [-0.3, -0.25) is 10.1 Å². The molecule has 2 aromatic carbocycles. The number of nitro benzene ring substituents is 1. The number of aliphatic hydroxyl groups is 1. The fraction of sp³-hybridized carbons (Fsp3) is 0.286. The molecule has 1 heterocycles. The monoisotopic (exact) mass is 399 g/mol. The van der Waals surface area contributed by atoms with E-state index in [4.69, 9.17) is 11.6 Å². The first kappa shape index (κ1) is 20.0. The Morgan fingerprint density at radius 3 is 2.54 bits per heavy atom. The third-order valence-corrected chi connectivity index (χ3v) is 5.02. The van der Waals surface area contributed by atoms with Crippen molar-refractivity contribution in [3.8, 4) is 11.1 Å². The summed E-state index contributed by atoms with van der Waals surface area (Å²) >= 11 is 6.19. The first-order valence-corrected chi connectivity index (χ1v) is 9.60. The average Bonchev–Trinajstić information content (AvgIpc) is 3.01. The fourth-order valence-electron chi connectivity index (χ4n) is 3.22. The summed E-state index contributed by atoms with van der Waals surface area (Å²) in [5.74, 6) is 0.860. The molecule has 0 fully saturated rings. The molecule has 0 spiro atoms. The van der Waals surface area contributed by atoms with Gasteiger partial charge in [-0.05, 0) is 23.6 Å². The van der Waals surface area contributed by atoms with Crippen molar-refractivity contribution in [2.24, 2.45) is 0 Å². The van der Waals surface area contributed by atoms with E-state index in [1.165, 1.54) is 6.07 Å². The van der Waals surface area contributed by atoms with Gasteiger partial charge in [0.05, 0.1) is 22.8 Å². The molecule has 0 aliphatic carbocycles. The van der Waals surface area contributed by atoms with Crippen LogP contribution in [0.3, 0.4) is 0 Å². The summed E-state index contributed by atoms with van der Waals surface area (Å²) in [6, 6.07) is 14.3. The van der Waals surface area contributed by atoms with Crippen molar-refractivity contribution in [3.63, 3.8) is 0 Å². The lowest BCUT2D eigenvalue weighted by Crippen LogP contribution is -2.09. The average molecular weight is 400 g/mol. The van der Waals surface area contributed by atoms with Crippen molar-refractivity contribution < 1.29 is 10.0 Å². The molecular weight excluding hydrogens is 378 g/mol. The van der Waals surface area contributed by atoms with E-state index in [0.717, 1.165) is 36.2 Å². The second-order valence-electron chi connectivity index (χ2n) is 6.58. The van der Waals surface area contributed by atoms with Crippen LogP contribution in [-0.4, -0.2) is 19.6 Å². The van der Waals surface area contributed by atoms with E-state index < -0.39 is 0 Å². The van der Waals surface area contributed by atoms with Crippen molar-refractivity contribution >= 4 is 17.3 Å². The molecule has 0 amide bonds. The third kappa shape index (κ3) is 4.24. The Morgan fingerprint density at radius 2 is 1.89 bits per heavy atom. The second-order valence-corrected chi connectivity index (χ2v) is 6.94. The van der Waals surface area contributed by atoms with Crippen molar-refractivity contribution in [1.29, 1.82) is 0 Å². The van der Waals surface area contributed by atoms with E-state index in [1.807, 2.05) is 28.8 Å². The number of unbranched alkanes of at least 4 members (excludes halogenated alkanes) is 1. The normalized spacial score (nSPS) is 11.0. The van der Waals surface area contributed by atoms with Gasteiger partial charge in [0.1, 0.15) is 5.82 Å². The summed E-state index contributed by atoms with van der Waals surface area (Å²) in [5, 5.41) is 21.3. The number of benzene rings is 2. The Bertz CT molecular complexity index is 968. The number of halogens is 1. The predicted molar refractivity (Wildman–Crippen MR) is 109 cm³/mol. The number of nitro groups is 1. The summed E-state index contributed by atoms with van der Waals surface area (Å²) in [6.07, 6.45) is 2.84. The van der Waals surface area contributed by atoms with E-state index >= 15 is 0 Å². The van der Waals surface area contributed by atoms with E-state index in [2.05, 4.69) is 11.9 Å². The van der Waals surface area contributed by atoms with Crippen molar-refractivity contribution in [2.75, 3.05) is 0 Å². The second kappa shape index (κ2) is 8.99. The zero-order valence-electron chi connectivity index (χ0n) is 15.6. The van der Waals surface area contributed by atoms with E-state index in [9.17, 15) is 15.2 Å². The molecular formula is C21H22ClN3O3. The van der Waals surface area contributed by atoms with Crippen LogP contribution < -0.4 is 0 Å². The molecule has 7 heteroatoms. The number of nitrogens with zero attached hydrogens (tertiary/aromatic N) is 3. The highest BCUT2D eigenvalue weighted by atomic mass is 35.5. The summed E-state index contributed by atoms with van der Waals surface area (Å²) < 4.78 is 1.96. The zero-order valence-corrected chi connectivity index (χ0v) is 16.4. The number of aryl methyl sites for hydroxylation is 1. The molecule has 0 bridgehead atoms. The van der Waals surface area contributed by atoms with Gasteiger partial charge in [-0.15, -0.1) is 0 Å². The Labute approximate surface area is 168 Å². The zero-order chi connectivity index (χ0) is 20.1. The number of aromatic nitrogens is 2. The highest BCUT2D eigenvalue weighted by Gasteiger charge is 2.16. The minimum absolute atomic E-state index is 0.0843. The van der Waals surface area contributed by atoms with E-state index in [0.29, 0.717) is 23.0 Å². The van der Waals surface area contributed by atoms with Crippen LogP contribution in [0.25, 0.3) is 11.1 Å². The highest BCUT2D eigenvalue weighted by molar-refractivity contribution is 6.30. The molecule has 0 unspecified atom stereocenters. The van der Waals surface area contributed by atoms with Gasteiger partial charge in [0.25, 0.3) is 5.69 Å². The van der Waals surface area contributed by atoms with Crippen molar-refractivity contribution in [1.82, 2.24) is 9.55 Å². The van der Waals surface area contributed by atoms with Gasteiger partial charge in [-0.25, -0.2) is 4.98 Å². The maximum Gasteiger partial charge on any atom is 0.277 e. The minimum Gasteiger partial charge on any atom is -0.390 e. The molecule has 3 rings (SSSR count). The summed E-state index contributed by atoms with van der Waals surface area (Å²) in [5.41, 5.74) is 3.07. The lowest BCUT2D eigenvalue weighted by Gasteiger charge is -2.12. The molecule has 1 N–H and O–H groups in total. The quantitative estimate of drug-likeness (QED) is 0.427. The number of aliphatic hydroxyl groups excluding tert-OH is 1. The lowest BCUT2D eigenvalue weighted by molar-refractivity contribution is -0.384. The van der Waals surface area contributed by atoms with Gasteiger partial charge in [0.15, 0.2) is 5.15 Å². The van der Waals surface area contributed by atoms with Gasteiger partial charge in [-0.1, -0.05) is 61.3 Å². The Morgan fingerprint density at radius 1 is 1.18 bits per heavy atom. The fourth-order valence-corrected chi connectivity index (χ4v) is 3.48. The van der Waals surface area contributed by atoms with Gasteiger partial charge in [0, 0.05) is 19.0 Å². The number of hydrogen-bond donors (Lipinski definition) is 1. The number of rotatable bonds is 8. The molecule has 3 aromatic rings. The molecule has 6 nitrogen and oxygen atoms in total. The van der Waals surface area contributed by atoms with Crippen molar-refractivity contribution in [2.45, 2.75) is 39.3 Å². The molecule has 146 valence electrons. The highest BCUT2D eigenvalue weighted by Crippen LogP contribution is 2.30. The predicted octanol–water partition coefficient (Wildman–Crippen LogP) is 4.99. The van der Waals surface area contributed by atoms with Crippen LogP contribution in [0, 0.1) is 10.1 Å². The molecule has 0 aliphatic rings. The van der Waals surface area contributed by atoms with Crippen LogP contribution in [-0.2, 0) is 19.6 Å². The SMILES string of the molecule is CCCCc1nc(Cl)c(CO)n1Cc1ccc(-c2ccccc2[N+](=O)[O-])cc1. The maximum atomic E-state index is 11.3. The number of para-hydroxylation sites is 1. The van der Waals surface area contributed by atoms with Crippen LogP contribution in [0.1, 0.15) is 36.8 Å². The number of imidazole rings is 1. The standard InChI is InChI=1S/C21H22ClN3O3/c1-2-3-8-20-23-21(22)19(14-26)24(20)13-15-9-11-16(12-10-15)17-6-4-5-7-18(17)25(27)28/h4-7,9-12,26H,2-3,8,13-14H2,1H3. The molecule has 0 aliphatic heterocycles. The smallest absolute Gasteiger partial charge is 0.277 e. The molecule has 1 aromatic heterocycles. The van der Waals surface area contributed by atoms with Crippen LogP contribution in [0.4, 0.5) is 5.69 Å². The maximum absolute atomic E-state index is 11.3.